The SMILES string of the molecule is CCN(c1ncc(CNC(C)C)cn1)C1CCCC1. The molecule has 1 fully saturated rings. The molecule has 0 radical (unpaired) electrons. The van der Waals surface area contributed by atoms with Gasteiger partial charge in [-0.05, 0) is 19.8 Å². The smallest absolute Gasteiger partial charge is 0.225 e. The second-order valence-electron chi connectivity index (χ2n) is 5.65. The third-order valence-electron chi connectivity index (χ3n) is 3.77. The van der Waals surface area contributed by atoms with Gasteiger partial charge in [-0.25, -0.2) is 9.97 Å². The molecule has 0 spiro atoms. The summed E-state index contributed by atoms with van der Waals surface area (Å²) in [4.78, 5) is 11.4. The lowest BCUT2D eigenvalue weighted by Gasteiger charge is -2.27. The normalized spacial score (nSPS) is 16.2. The predicted molar refractivity (Wildman–Crippen MR) is 79.3 cm³/mol. The third-order valence-corrected chi connectivity index (χ3v) is 3.77. The number of aromatic nitrogens is 2. The zero-order valence-corrected chi connectivity index (χ0v) is 12.4. The number of hydrogen-bond acceptors (Lipinski definition) is 4. The van der Waals surface area contributed by atoms with Crippen molar-refractivity contribution in [3.8, 4) is 0 Å². The second-order valence-corrected chi connectivity index (χ2v) is 5.65. The summed E-state index contributed by atoms with van der Waals surface area (Å²) in [5.41, 5.74) is 1.15. The molecule has 1 aliphatic rings. The zero-order valence-electron chi connectivity index (χ0n) is 12.4. The van der Waals surface area contributed by atoms with Crippen molar-refractivity contribution in [3.05, 3.63) is 18.0 Å². The topological polar surface area (TPSA) is 41.1 Å². The quantitative estimate of drug-likeness (QED) is 0.856. The largest absolute Gasteiger partial charge is 0.338 e. The molecule has 106 valence electrons. The van der Waals surface area contributed by atoms with E-state index in [-0.39, 0.29) is 0 Å². The van der Waals surface area contributed by atoms with E-state index in [0.717, 1.165) is 24.6 Å². The Kier molecular flexibility index (Phi) is 5.14. The summed E-state index contributed by atoms with van der Waals surface area (Å²) in [6.07, 6.45) is 9.17. The van der Waals surface area contributed by atoms with Gasteiger partial charge < -0.3 is 10.2 Å². The summed E-state index contributed by atoms with van der Waals surface area (Å²) in [5.74, 6) is 0.891. The van der Waals surface area contributed by atoms with Gasteiger partial charge in [0.05, 0.1) is 0 Å². The molecule has 0 bridgehead atoms. The Balaban J connectivity index is 1.99. The van der Waals surface area contributed by atoms with E-state index in [2.05, 4.69) is 41.0 Å². The fraction of sp³-hybridized carbons (Fsp3) is 0.733. The highest BCUT2D eigenvalue weighted by Crippen LogP contribution is 2.25. The Bertz CT molecular complexity index is 368. The van der Waals surface area contributed by atoms with Gasteiger partial charge in [-0.1, -0.05) is 26.7 Å². The van der Waals surface area contributed by atoms with Crippen LogP contribution in [0.4, 0.5) is 5.95 Å². The van der Waals surface area contributed by atoms with Crippen LogP contribution in [0.15, 0.2) is 12.4 Å². The first-order chi connectivity index (χ1) is 9.20. The van der Waals surface area contributed by atoms with Gasteiger partial charge >= 0.3 is 0 Å². The van der Waals surface area contributed by atoms with Crippen molar-refractivity contribution < 1.29 is 0 Å². The minimum atomic E-state index is 0.491. The highest BCUT2D eigenvalue weighted by molar-refractivity contribution is 5.31. The van der Waals surface area contributed by atoms with Crippen LogP contribution >= 0.6 is 0 Å². The summed E-state index contributed by atoms with van der Waals surface area (Å²) in [6, 6.07) is 1.13. The summed E-state index contributed by atoms with van der Waals surface area (Å²) in [5, 5.41) is 3.39. The number of anilines is 1. The van der Waals surface area contributed by atoms with E-state index < -0.39 is 0 Å². The van der Waals surface area contributed by atoms with Crippen LogP contribution < -0.4 is 10.2 Å². The third kappa shape index (κ3) is 3.90. The Labute approximate surface area is 116 Å². The molecule has 4 heteroatoms. The minimum absolute atomic E-state index is 0.491. The zero-order chi connectivity index (χ0) is 13.7. The van der Waals surface area contributed by atoms with Gasteiger partial charge in [0, 0.05) is 43.1 Å². The van der Waals surface area contributed by atoms with Crippen LogP contribution in [-0.2, 0) is 6.54 Å². The molecule has 4 nitrogen and oxygen atoms in total. The van der Waals surface area contributed by atoms with Crippen molar-refractivity contribution in [1.29, 1.82) is 0 Å². The summed E-state index contributed by atoms with van der Waals surface area (Å²) in [6.45, 7) is 8.32. The lowest BCUT2D eigenvalue weighted by molar-refractivity contribution is 0.583. The standard InChI is InChI=1S/C15H26N4/c1-4-19(14-7-5-6-8-14)15-17-10-13(11-18-15)9-16-12(2)3/h10-12,14,16H,4-9H2,1-3H3. The molecule has 0 aromatic carbocycles. The molecule has 0 saturated heterocycles. The molecule has 2 rings (SSSR count). The highest BCUT2D eigenvalue weighted by Gasteiger charge is 2.23. The molecular formula is C15H26N4. The maximum absolute atomic E-state index is 4.55. The van der Waals surface area contributed by atoms with Crippen molar-refractivity contribution in [3.63, 3.8) is 0 Å². The van der Waals surface area contributed by atoms with Crippen molar-refractivity contribution in [2.45, 2.75) is 65.1 Å². The molecule has 0 aliphatic heterocycles. The van der Waals surface area contributed by atoms with Crippen LogP contribution in [0.2, 0.25) is 0 Å². The van der Waals surface area contributed by atoms with E-state index in [9.17, 15) is 0 Å². The monoisotopic (exact) mass is 262 g/mol. The first-order valence-electron chi connectivity index (χ1n) is 7.51. The van der Waals surface area contributed by atoms with E-state index >= 15 is 0 Å². The molecule has 1 aromatic heterocycles. The predicted octanol–water partition coefficient (Wildman–Crippen LogP) is 2.74. The molecule has 1 aliphatic carbocycles. The van der Waals surface area contributed by atoms with Crippen molar-refractivity contribution in [2.24, 2.45) is 0 Å². The maximum atomic E-state index is 4.55. The lowest BCUT2D eigenvalue weighted by atomic mass is 10.2. The second kappa shape index (κ2) is 6.85. The first kappa shape index (κ1) is 14.3. The average molecular weight is 262 g/mol. The van der Waals surface area contributed by atoms with Crippen molar-refractivity contribution in [2.75, 3.05) is 11.4 Å². The molecular weight excluding hydrogens is 236 g/mol. The maximum Gasteiger partial charge on any atom is 0.225 e. The van der Waals surface area contributed by atoms with Crippen LogP contribution in [0.1, 0.15) is 52.0 Å². The molecule has 19 heavy (non-hydrogen) atoms. The summed E-state index contributed by atoms with van der Waals surface area (Å²) in [7, 11) is 0. The number of rotatable bonds is 6. The molecule has 1 N–H and O–H groups in total. The van der Waals surface area contributed by atoms with Crippen molar-refractivity contribution in [1.82, 2.24) is 15.3 Å². The highest BCUT2D eigenvalue weighted by atomic mass is 15.3. The first-order valence-corrected chi connectivity index (χ1v) is 7.51. The van der Waals surface area contributed by atoms with E-state index in [1.54, 1.807) is 0 Å². The minimum Gasteiger partial charge on any atom is -0.338 e. The van der Waals surface area contributed by atoms with Gasteiger partial charge in [-0.3, -0.25) is 0 Å². The number of nitrogens with one attached hydrogen (secondary N) is 1. The van der Waals surface area contributed by atoms with Gasteiger partial charge in [-0.15, -0.1) is 0 Å². The Morgan fingerprint density at radius 2 is 1.89 bits per heavy atom. The van der Waals surface area contributed by atoms with Crippen molar-refractivity contribution >= 4 is 5.95 Å². The summed E-state index contributed by atoms with van der Waals surface area (Å²) >= 11 is 0. The lowest BCUT2D eigenvalue weighted by Crippen LogP contribution is -2.34. The van der Waals surface area contributed by atoms with Crippen LogP contribution in [0, 0.1) is 0 Å². The van der Waals surface area contributed by atoms with Gasteiger partial charge in [0.25, 0.3) is 0 Å². The van der Waals surface area contributed by atoms with Gasteiger partial charge in [0.1, 0.15) is 0 Å². The fourth-order valence-corrected chi connectivity index (χ4v) is 2.69. The molecule has 1 aromatic rings. The van der Waals surface area contributed by atoms with E-state index in [1.165, 1.54) is 25.7 Å². The van der Waals surface area contributed by atoms with Gasteiger partial charge in [0.2, 0.25) is 5.95 Å². The average Bonchev–Trinajstić information content (AvgIpc) is 2.92. The van der Waals surface area contributed by atoms with Crippen LogP contribution in [0.5, 0.6) is 0 Å². The molecule has 1 saturated carbocycles. The Hall–Kier alpha value is -1.16. The van der Waals surface area contributed by atoms with E-state index in [0.29, 0.717) is 12.1 Å². The number of nitrogens with zero attached hydrogens (tertiary/aromatic N) is 3. The fourth-order valence-electron chi connectivity index (χ4n) is 2.69. The Morgan fingerprint density at radius 1 is 1.26 bits per heavy atom. The Morgan fingerprint density at radius 3 is 2.42 bits per heavy atom. The van der Waals surface area contributed by atoms with Crippen LogP contribution in [0.3, 0.4) is 0 Å². The van der Waals surface area contributed by atoms with Gasteiger partial charge in [0.15, 0.2) is 0 Å². The van der Waals surface area contributed by atoms with E-state index in [1.807, 2.05) is 12.4 Å². The van der Waals surface area contributed by atoms with E-state index in [4.69, 9.17) is 0 Å². The molecule has 0 amide bonds. The molecule has 0 atom stereocenters. The number of hydrogen-bond donors (Lipinski definition) is 1. The molecule has 0 unspecified atom stereocenters. The van der Waals surface area contributed by atoms with Crippen LogP contribution in [0.25, 0.3) is 0 Å². The molecule has 1 heterocycles. The summed E-state index contributed by atoms with van der Waals surface area (Å²) < 4.78 is 0. The van der Waals surface area contributed by atoms with Crippen LogP contribution in [-0.4, -0.2) is 28.6 Å². The van der Waals surface area contributed by atoms with Gasteiger partial charge in [-0.2, -0.15) is 0 Å².